The van der Waals surface area contributed by atoms with Crippen LogP contribution in [0.5, 0.6) is 0 Å². The molecule has 0 spiro atoms. The summed E-state index contributed by atoms with van der Waals surface area (Å²) in [6.45, 7) is 5.14. The third-order valence-electron chi connectivity index (χ3n) is 1.90. The molecule has 0 radical (unpaired) electrons. The summed E-state index contributed by atoms with van der Waals surface area (Å²) in [6, 6.07) is 0. The molecule has 10 heavy (non-hydrogen) atoms. The van der Waals surface area contributed by atoms with Crippen LogP contribution in [0.3, 0.4) is 0 Å². The summed E-state index contributed by atoms with van der Waals surface area (Å²) in [7, 11) is 0. The zero-order chi connectivity index (χ0) is 7.56. The molecule has 1 aliphatic carbocycles. The van der Waals surface area contributed by atoms with Gasteiger partial charge in [0, 0.05) is 6.54 Å². The molecule has 0 amide bonds. The molecule has 0 saturated heterocycles. The minimum Gasteiger partial charge on any atom is -0.327 e. The second-order valence-electron chi connectivity index (χ2n) is 3.07. The Bertz CT molecular complexity index is 175. The van der Waals surface area contributed by atoms with Crippen molar-refractivity contribution >= 4 is 0 Å². The standard InChI is InChI=1S/C9H15N/c1-7(2)9-4-3-8(5-9)6-10/h4-5,7H,3,6,10H2,1-2H3. The van der Waals surface area contributed by atoms with Gasteiger partial charge in [-0.2, -0.15) is 0 Å². The van der Waals surface area contributed by atoms with Crippen molar-refractivity contribution in [2.45, 2.75) is 20.3 Å². The summed E-state index contributed by atoms with van der Waals surface area (Å²) < 4.78 is 0. The fraction of sp³-hybridized carbons (Fsp3) is 0.556. The molecule has 0 aromatic rings. The van der Waals surface area contributed by atoms with Crippen LogP contribution < -0.4 is 5.73 Å². The van der Waals surface area contributed by atoms with Crippen LogP contribution in [0.1, 0.15) is 20.3 Å². The minimum absolute atomic E-state index is 0.657. The minimum atomic E-state index is 0.657. The topological polar surface area (TPSA) is 26.0 Å². The molecule has 2 N–H and O–H groups in total. The van der Waals surface area contributed by atoms with Crippen molar-refractivity contribution in [3.05, 3.63) is 23.3 Å². The molecule has 1 nitrogen and oxygen atoms in total. The van der Waals surface area contributed by atoms with Crippen molar-refractivity contribution in [1.82, 2.24) is 0 Å². The van der Waals surface area contributed by atoms with Gasteiger partial charge in [-0.15, -0.1) is 0 Å². The zero-order valence-electron chi connectivity index (χ0n) is 6.72. The van der Waals surface area contributed by atoms with Crippen molar-refractivity contribution in [2.75, 3.05) is 6.54 Å². The van der Waals surface area contributed by atoms with Crippen molar-refractivity contribution in [3.8, 4) is 0 Å². The Kier molecular flexibility index (Phi) is 2.28. The lowest BCUT2D eigenvalue weighted by Crippen LogP contribution is -2.00. The van der Waals surface area contributed by atoms with Crippen LogP contribution in [-0.4, -0.2) is 6.54 Å². The molecule has 0 fully saturated rings. The summed E-state index contributed by atoms with van der Waals surface area (Å²) in [4.78, 5) is 0. The van der Waals surface area contributed by atoms with E-state index in [-0.39, 0.29) is 0 Å². The van der Waals surface area contributed by atoms with Crippen molar-refractivity contribution in [2.24, 2.45) is 11.7 Å². The molecule has 0 bridgehead atoms. The summed E-state index contributed by atoms with van der Waals surface area (Å²) >= 11 is 0. The van der Waals surface area contributed by atoms with Gasteiger partial charge in [-0.3, -0.25) is 0 Å². The first-order valence-electron chi connectivity index (χ1n) is 3.83. The van der Waals surface area contributed by atoms with E-state index in [2.05, 4.69) is 26.0 Å². The third kappa shape index (κ3) is 1.48. The number of hydrogen-bond acceptors (Lipinski definition) is 1. The van der Waals surface area contributed by atoms with E-state index in [0.29, 0.717) is 12.5 Å². The Morgan fingerprint density at radius 3 is 2.60 bits per heavy atom. The SMILES string of the molecule is CC(C)C1=CCC(CN)=C1. The van der Waals surface area contributed by atoms with E-state index in [1.54, 1.807) is 0 Å². The fourth-order valence-corrected chi connectivity index (χ4v) is 1.15. The highest BCUT2D eigenvalue weighted by molar-refractivity contribution is 5.34. The maximum absolute atomic E-state index is 5.49. The van der Waals surface area contributed by atoms with Gasteiger partial charge in [-0.25, -0.2) is 0 Å². The zero-order valence-corrected chi connectivity index (χ0v) is 6.72. The highest BCUT2D eigenvalue weighted by atomic mass is 14.5. The normalized spacial score (nSPS) is 17.6. The van der Waals surface area contributed by atoms with Crippen LogP contribution in [0.25, 0.3) is 0 Å². The van der Waals surface area contributed by atoms with E-state index in [1.165, 1.54) is 11.1 Å². The quantitative estimate of drug-likeness (QED) is 0.617. The predicted molar refractivity (Wildman–Crippen MR) is 44.7 cm³/mol. The van der Waals surface area contributed by atoms with Crippen LogP contribution in [-0.2, 0) is 0 Å². The van der Waals surface area contributed by atoms with Crippen molar-refractivity contribution < 1.29 is 0 Å². The van der Waals surface area contributed by atoms with E-state index in [0.717, 1.165) is 6.42 Å². The van der Waals surface area contributed by atoms with Gasteiger partial charge in [-0.1, -0.05) is 31.6 Å². The summed E-state index contributed by atoms with van der Waals surface area (Å²) in [5.41, 5.74) is 8.30. The van der Waals surface area contributed by atoms with E-state index in [4.69, 9.17) is 5.73 Å². The number of nitrogens with two attached hydrogens (primary N) is 1. The molecule has 0 unspecified atom stereocenters. The van der Waals surface area contributed by atoms with E-state index in [1.807, 2.05) is 0 Å². The molecule has 0 atom stereocenters. The lowest BCUT2D eigenvalue weighted by Gasteiger charge is -2.00. The molecular formula is C9H15N. The molecule has 56 valence electrons. The van der Waals surface area contributed by atoms with Gasteiger partial charge in [0.25, 0.3) is 0 Å². The lowest BCUT2D eigenvalue weighted by atomic mass is 10.1. The largest absolute Gasteiger partial charge is 0.327 e. The monoisotopic (exact) mass is 137 g/mol. The molecule has 0 saturated carbocycles. The highest BCUT2D eigenvalue weighted by Gasteiger charge is 2.07. The fourth-order valence-electron chi connectivity index (χ4n) is 1.15. The Labute approximate surface area is 62.6 Å². The van der Waals surface area contributed by atoms with Gasteiger partial charge in [0.15, 0.2) is 0 Å². The summed E-state index contributed by atoms with van der Waals surface area (Å²) in [5.74, 6) is 0.657. The van der Waals surface area contributed by atoms with Gasteiger partial charge in [-0.05, 0) is 17.9 Å². The van der Waals surface area contributed by atoms with Gasteiger partial charge >= 0.3 is 0 Å². The third-order valence-corrected chi connectivity index (χ3v) is 1.90. The summed E-state index contributed by atoms with van der Waals surface area (Å²) in [5, 5.41) is 0. The van der Waals surface area contributed by atoms with Crippen LogP contribution in [0, 0.1) is 5.92 Å². The first-order valence-corrected chi connectivity index (χ1v) is 3.83. The van der Waals surface area contributed by atoms with E-state index in [9.17, 15) is 0 Å². The smallest absolute Gasteiger partial charge is 0.0143 e. The Morgan fingerprint density at radius 2 is 2.30 bits per heavy atom. The van der Waals surface area contributed by atoms with Crippen molar-refractivity contribution in [1.29, 1.82) is 0 Å². The highest BCUT2D eigenvalue weighted by Crippen LogP contribution is 2.22. The van der Waals surface area contributed by atoms with Crippen LogP contribution in [0.4, 0.5) is 0 Å². The van der Waals surface area contributed by atoms with Crippen LogP contribution >= 0.6 is 0 Å². The predicted octanol–water partition coefficient (Wildman–Crippen LogP) is 1.86. The van der Waals surface area contributed by atoms with Crippen LogP contribution in [0.2, 0.25) is 0 Å². The van der Waals surface area contributed by atoms with Crippen LogP contribution in [0.15, 0.2) is 23.3 Å². The van der Waals surface area contributed by atoms with Crippen molar-refractivity contribution in [3.63, 3.8) is 0 Å². The molecule has 0 aliphatic heterocycles. The molecule has 1 aliphatic rings. The Morgan fingerprint density at radius 1 is 1.60 bits per heavy atom. The molecule has 0 heterocycles. The van der Waals surface area contributed by atoms with E-state index >= 15 is 0 Å². The van der Waals surface area contributed by atoms with E-state index < -0.39 is 0 Å². The number of rotatable bonds is 2. The van der Waals surface area contributed by atoms with Gasteiger partial charge in [0.05, 0.1) is 0 Å². The lowest BCUT2D eigenvalue weighted by molar-refractivity contribution is 0.793. The second-order valence-corrected chi connectivity index (χ2v) is 3.07. The molecule has 0 aromatic carbocycles. The maximum atomic E-state index is 5.49. The Balaban J connectivity index is 2.59. The van der Waals surface area contributed by atoms with Gasteiger partial charge < -0.3 is 5.73 Å². The second kappa shape index (κ2) is 3.02. The average molecular weight is 137 g/mol. The first kappa shape index (κ1) is 7.55. The molecule has 0 aromatic heterocycles. The molecule has 1 rings (SSSR count). The summed E-state index contributed by atoms with van der Waals surface area (Å²) in [6.07, 6.45) is 5.57. The first-order chi connectivity index (χ1) is 4.74. The molecule has 1 heteroatoms. The maximum Gasteiger partial charge on any atom is 0.0143 e. The van der Waals surface area contributed by atoms with Gasteiger partial charge in [0.2, 0.25) is 0 Å². The Hall–Kier alpha value is -0.560. The number of allylic oxidation sites excluding steroid dienone is 3. The number of hydrogen-bond donors (Lipinski definition) is 1. The molecular weight excluding hydrogens is 122 g/mol. The van der Waals surface area contributed by atoms with Gasteiger partial charge in [0.1, 0.15) is 0 Å². The average Bonchev–Trinajstić information content (AvgIpc) is 2.34.